The minimum atomic E-state index is -0.116. The van der Waals surface area contributed by atoms with E-state index < -0.39 is 0 Å². The van der Waals surface area contributed by atoms with E-state index in [-0.39, 0.29) is 11.8 Å². The molecule has 1 aliphatic heterocycles. The molecule has 0 bridgehead atoms. The van der Waals surface area contributed by atoms with Gasteiger partial charge in [-0.2, -0.15) is 9.78 Å². The van der Waals surface area contributed by atoms with Crippen molar-refractivity contribution < 1.29 is 14.3 Å². The normalized spacial score (nSPS) is 15.3. The highest BCUT2D eigenvalue weighted by Crippen LogP contribution is 2.41. The molecule has 5 rings (SSSR count). The molecule has 32 heavy (non-hydrogen) atoms. The van der Waals surface area contributed by atoms with Crippen LogP contribution in [0, 0.1) is 6.92 Å². The Morgan fingerprint density at radius 3 is 2.97 bits per heavy atom. The van der Waals surface area contributed by atoms with E-state index in [2.05, 4.69) is 11.9 Å². The van der Waals surface area contributed by atoms with E-state index in [0.29, 0.717) is 24.0 Å². The topological polar surface area (TPSA) is 78.3 Å². The average molecular weight is 447 g/mol. The molecule has 4 aromatic rings. The molecule has 3 heterocycles. The average Bonchev–Trinajstić information content (AvgIpc) is 3.37. The monoisotopic (exact) mass is 446 g/mol. The summed E-state index contributed by atoms with van der Waals surface area (Å²) < 4.78 is 13.8. The quantitative estimate of drug-likeness (QED) is 0.429. The smallest absolute Gasteiger partial charge is 0.226 e. The van der Waals surface area contributed by atoms with Crippen molar-refractivity contribution in [2.75, 3.05) is 19.0 Å². The number of anilines is 1. The van der Waals surface area contributed by atoms with Crippen LogP contribution in [-0.2, 0) is 4.79 Å². The van der Waals surface area contributed by atoms with Crippen molar-refractivity contribution in [3.8, 4) is 16.6 Å². The zero-order valence-corrected chi connectivity index (χ0v) is 18.6. The standard InChI is InChI=1S/C24H22N4O3S/c1-4-10-31-17-7-5-6-15(11-17)18-13-21(29)26-23-22(18)14(2)27-28(23)24-25-19-9-8-16(30-3)12-20(19)32-24/h4-9,11-12,18H,1,10,13H2,2-3H3,(H,26,29)/t18-/m1/s1. The summed E-state index contributed by atoms with van der Waals surface area (Å²) in [6.45, 7) is 6.09. The van der Waals surface area contributed by atoms with Crippen LogP contribution in [0.4, 0.5) is 5.82 Å². The number of rotatable bonds is 6. The maximum absolute atomic E-state index is 12.7. The summed E-state index contributed by atoms with van der Waals surface area (Å²) in [5.41, 5.74) is 3.74. The van der Waals surface area contributed by atoms with Crippen molar-refractivity contribution in [2.24, 2.45) is 0 Å². The molecule has 0 saturated heterocycles. The van der Waals surface area contributed by atoms with Crippen LogP contribution in [0.5, 0.6) is 11.5 Å². The third kappa shape index (κ3) is 3.52. The predicted molar refractivity (Wildman–Crippen MR) is 125 cm³/mol. The first-order chi connectivity index (χ1) is 15.6. The maximum Gasteiger partial charge on any atom is 0.226 e. The number of carbonyl (C=O) groups excluding carboxylic acids is 1. The first-order valence-electron chi connectivity index (χ1n) is 10.3. The molecular formula is C24H22N4O3S. The van der Waals surface area contributed by atoms with E-state index in [1.807, 2.05) is 49.4 Å². The Kier molecular flexibility index (Phi) is 5.14. The molecule has 8 heteroatoms. The largest absolute Gasteiger partial charge is 0.497 e. The molecule has 0 unspecified atom stereocenters. The molecular weight excluding hydrogens is 424 g/mol. The first kappa shape index (κ1) is 20.3. The van der Waals surface area contributed by atoms with Gasteiger partial charge in [0.05, 0.1) is 23.0 Å². The van der Waals surface area contributed by atoms with Crippen LogP contribution in [0.25, 0.3) is 15.3 Å². The first-order valence-corrected chi connectivity index (χ1v) is 11.1. The summed E-state index contributed by atoms with van der Waals surface area (Å²) in [6.07, 6.45) is 2.06. The van der Waals surface area contributed by atoms with Crippen LogP contribution in [0.2, 0.25) is 0 Å². The Labute approximate surface area is 189 Å². The lowest BCUT2D eigenvalue weighted by atomic mass is 9.86. The summed E-state index contributed by atoms with van der Waals surface area (Å²) in [5, 5.41) is 8.47. The lowest BCUT2D eigenvalue weighted by molar-refractivity contribution is -0.116. The number of aryl methyl sites for hydroxylation is 1. The van der Waals surface area contributed by atoms with Crippen LogP contribution in [0.1, 0.15) is 29.2 Å². The number of hydrogen-bond acceptors (Lipinski definition) is 6. The van der Waals surface area contributed by atoms with E-state index >= 15 is 0 Å². The van der Waals surface area contributed by atoms with Crippen molar-refractivity contribution in [1.29, 1.82) is 0 Å². The number of nitrogens with zero attached hydrogens (tertiary/aromatic N) is 3. The summed E-state index contributed by atoms with van der Waals surface area (Å²) in [7, 11) is 1.64. The Morgan fingerprint density at radius 2 is 2.16 bits per heavy atom. The fraction of sp³-hybridized carbons (Fsp3) is 0.208. The molecule has 0 spiro atoms. The van der Waals surface area contributed by atoms with Gasteiger partial charge in [-0.1, -0.05) is 36.1 Å². The minimum absolute atomic E-state index is 0.0520. The number of carbonyl (C=O) groups is 1. The number of thiazole rings is 1. The van der Waals surface area contributed by atoms with Crippen molar-refractivity contribution in [1.82, 2.24) is 14.8 Å². The molecule has 162 valence electrons. The number of ether oxygens (including phenoxy) is 2. The van der Waals surface area contributed by atoms with Crippen LogP contribution in [-0.4, -0.2) is 34.4 Å². The Balaban J connectivity index is 1.59. The van der Waals surface area contributed by atoms with Gasteiger partial charge in [-0.05, 0) is 42.8 Å². The zero-order chi connectivity index (χ0) is 22.2. The maximum atomic E-state index is 12.7. The predicted octanol–water partition coefficient (Wildman–Crippen LogP) is 4.84. The summed E-state index contributed by atoms with van der Waals surface area (Å²) in [4.78, 5) is 17.4. The molecule has 1 atom stereocenters. The molecule has 1 aliphatic rings. The lowest BCUT2D eigenvalue weighted by Crippen LogP contribution is -2.25. The van der Waals surface area contributed by atoms with E-state index in [1.165, 1.54) is 11.3 Å². The number of nitrogens with one attached hydrogen (secondary N) is 1. The number of methoxy groups -OCH3 is 1. The molecule has 0 aliphatic carbocycles. The van der Waals surface area contributed by atoms with E-state index in [4.69, 9.17) is 19.6 Å². The Hall–Kier alpha value is -3.65. The fourth-order valence-corrected chi connectivity index (χ4v) is 5.01. The highest BCUT2D eigenvalue weighted by molar-refractivity contribution is 7.20. The van der Waals surface area contributed by atoms with Gasteiger partial charge in [0.1, 0.15) is 23.9 Å². The Bertz CT molecular complexity index is 1340. The van der Waals surface area contributed by atoms with Gasteiger partial charge >= 0.3 is 0 Å². The molecule has 0 fully saturated rings. The number of benzene rings is 2. The Morgan fingerprint density at radius 1 is 1.28 bits per heavy atom. The van der Waals surface area contributed by atoms with Crippen molar-refractivity contribution in [3.63, 3.8) is 0 Å². The highest BCUT2D eigenvalue weighted by atomic mass is 32.1. The molecule has 1 amide bonds. The number of amides is 1. The fourth-order valence-electron chi connectivity index (χ4n) is 4.06. The summed E-state index contributed by atoms with van der Waals surface area (Å²) >= 11 is 1.50. The minimum Gasteiger partial charge on any atom is -0.497 e. The van der Waals surface area contributed by atoms with Gasteiger partial charge in [-0.3, -0.25) is 4.79 Å². The van der Waals surface area contributed by atoms with Gasteiger partial charge in [0.25, 0.3) is 0 Å². The molecule has 2 aromatic carbocycles. The second kappa shape index (κ2) is 8.12. The SMILES string of the molecule is C=CCOc1cccc([C@H]2CC(=O)Nc3c2c(C)nn3-c2nc3ccc(OC)cc3s2)c1. The van der Waals surface area contributed by atoms with E-state index in [0.717, 1.165) is 38.5 Å². The zero-order valence-electron chi connectivity index (χ0n) is 17.8. The summed E-state index contributed by atoms with van der Waals surface area (Å²) in [6, 6.07) is 13.6. The van der Waals surface area contributed by atoms with Crippen LogP contribution in [0.15, 0.2) is 55.1 Å². The van der Waals surface area contributed by atoms with Gasteiger partial charge in [-0.15, -0.1) is 0 Å². The lowest BCUT2D eigenvalue weighted by Gasteiger charge is -2.24. The van der Waals surface area contributed by atoms with E-state index in [1.54, 1.807) is 17.9 Å². The van der Waals surface area contributed by atoms with Crippen LogP contribution >= 0.6 is 11.3 Å². The molecule has 0 saturated carbocycles. The molecule has 0 radical (unpaired) electrons. The summed E-state index contributed by atoms with van der Waals surface area (Å²) in [5.74, 6) is 2.03. The van der Waals surface area contributed by atoms with Gasteiger partial charge in [0, 0.05) is 17.9 Å². The molecule has 1 N–H and O–H groups in total. The molecule has 2 aromatic heterocycles. The second-order valence-electron chi connectivity index (χ2n) is 7.57. The number of aromatic nitrogens is 3. The van der Waals surface area contributed by atoms with Gasteiger partial charge in [-0.25, -0.2) is 4.98 Å². The van der Waals surface area contributed by atoms with E-state index in [9.17, 15) is 4.79 Å². The van der Waals surface area contributed by atoms with Gasteiger partial charge < -0.3 is 14.8 Å². The van der Waals surface area contributed by atoms with Crippen molar-refractivity contribution in [3.05, 3.63) is 71.9 Å². The third-order valence-corrected chi connectivity index (χ3v) is 6.49. The second-order valence-corrected chi connectivity index (χ2v) is 8.58. The molecule has 7 nitrogen and oxygen atoms in total. The van der Waals surface area contributed by atoms with Crippen molar-refractivity contribution >= 4 is 33.3 Å². The number of fused-ring (bicyclic) bond motifs is 2. The van der Waals surface area contributed by atoms with Crippen molar-refractivity contribution in [2.45, 2.75) is 19.3 Å². The third-order valence-electron chi connectivity index (χ3n) is 5.50. The van der Waals surface area contributed by atoms with Gasteiger partial charge in [0.15, 0.2) is 0 Å². The van der Waals surface area contributed by atoms with Crippen LogP contribution < -0.4 is 14.8 Å². The number of hydrogen-bond donors (Lipinski definition) is 1. The highest BCUT2D eigenvalue weighted by Gasteiger charge is 2.33. The van der Waals surface area contributed by atoms with Gasteiger partial charge in [0.2, 0.25) is 11.0 Å². The van der Waals surface area contributed by atoms with Crippen LogP contribution in [0.3, 0.4) is 0 Å².